The first-order chi connectivity index (χ1) is 20.9. The number of aromatic nitrogens is 2. The lowest BCUT2D eigenvalue weighted by atomic mass is 10.0. The number of sulfone groups is 1. The summed E-state index contributed by atoms with van der Waals surface area (Å²) in [7, 11) is -3.02. The maximum absolute atomic E-state index is 13.6. The van der Waals surface area contributed by atoms with E-state index in [1.54, 1.807) is 12.4 Å². The smallest absolute Gasteiger partial charge is 0.148 e. The van der Waals surface area contributed by atoms with Crippen molar-refractivity contribution in [2.75, 3.05) is 23.5 Å². The fourth-order valence-corrected chi connectivity index (χ4v) is 5.54. The molecule has 0 bridgehead atoms. The van der Waals surface area contributed by atoms with E-state index < -0.39 is 9.84 Å². The molecule has 2 heterocycles. The van der Waals surface area contributed by atoms with Crippen molar-refractivity contribution in [1.29, 1.82) is 0 Å². The molecule has 0 amide bonds. The van der Waals surface area contributed by atoms with Crippen LogP contribution in [0.15, 0.2) is 83.5 Å². The molecule has 5 aromatic rings. The van der Waals surface area contributed by atoms with E-state index >= 15 is 0 Å². The predicted octanol–water partition coefficient (Wildman–Crippen LogP) is 6.99. The molecule has 0 fully saturated rings. The number of nitrogens with zero attached hydrogens (tertiary/aromatic N) is 3. The summed E-state index contributed by atoms with van der Waals surface area (Å²) in [6.45, 7) is 9.43. The van der Waals surface area contributed by atoms with Crippen molar-refractivity contribution in [2.24, 2.45) is 0 Å². The van der Waals surface area contributed by atoms with Crippen LogP contribution in [-0.4, -0.2) is 42.5 Å². The summed E-state index contributed by atoms with van der Waals surface area (Å²) in [5, 5.41) is 3.98. The summed E-state index contributed by atoms with van der Waals surface area (Å²) >= 11 is 0. The van der Waals surface area contributed by atoms with Gasteiger partial charge in [-0.05, 0) is 99.5 Å². The van der Waals surface area contributed by atoms with Gasteiger partial charge in [-0.3, -0.25) is 0 Å². The van der Waals surface area contributed by atoms with Crippen LogP contribution in [0.3, 0.4) is 0 Å². The van der Waals surface area contributed by atoms with E-state index in [-0.39, 0.29) is 23.7 Å². The number of nitrogens with one attached hydrogen (secondary N) is 1. The van der Waals surface area contributed by atoms with Crippen molar-refractivity contribution in [1.82, 2.24) is 15.3 Å². The highest BCUT2D eigenvalue weighted by molar-refractivity contribution is 7.90. The standard InChI is InChI=1S/C34H37FN4O4S/c1-23-17-27(10-13-31(23)42-21-24-7-6-8-26(35)18-24)39(34(2,3)4)33-29-19-25(9-12-30(29)37-22-38-33)32-14-11-28(43-32)20-36-15-16-44(5,40)41/h6-14,17-19,22,36H,15-16,20-21H2,1-5H3. The van der Waals surface area contributed by atoms with Crippen LogP contribution in [0.2, 0.25) is 0 Å². The molecule has 8 nitrogen and oxygen atoms in total. The summed E-state index contributed by atoms with van der Waals surface area (Å²) in [4.78, 5) is 11.5. The van der Waals surface area contributed by atoms with E-state index in [0.717, 1.165) is 44.8 Å². The van der Waals surface area contributed by atoms with Crippen molar-refractivity contribution < 1.29 is 22.0 Å². The van der Waals surface area contributed by atoms with Crippen LogP contribution in [-0.2, 0) is 23.0 Å². The van der Waals surface area contributed by atoms with Gasteiger partial charge in [0.05, 0.1) is 17.8 Å². The van der Waals surface area contributed by atoms with Crippen molar-refractivity contribution in [3.05, 3.63) is 102 Å². The van der Waals surface area contributed by atoms with Gasteiger partial charge in [-0.1, -0.05) is 12.1 Å². The maximum Gasteiger partial charge on any atom is 0.148 e. The van der Waals surface area contributed by atoms with Crippen LogP contribution in [0.4, 0.5) is 15.9 Å². The number of furan rings is 1. The monoisotopic (exact) mass is 616 g/mol. The Morgan fingerprint density at radius 3 is 2.55 bits per heavy atom. The molecule has 1 N–H and O–H groups in total. The zero-order chi connectivity index (χ0) is 31.5. The Morgan fingerprint density at radius 2 is 1.82 bits per heavy atom. The number of rotatable bonds is 11. The van der Waals surface area contributed by atoms with E-state index in [4.69, 9.17) is 14.1 Å². The third kappa shape index (κ3) is 7.62. The first kappa shape index (κ1) is 31.2. The van der Waals surface area contributed by atoms with Crippen LogP contribution in [0.25, 0.3) is 22.2 Å². The first-order valence-corrected chi connectivity index (χ1v) is 16.4. The van der Waals surface area contributed by atoms with Crippen LogP contribution in [0.1, 0.15) is 37.7 Å². The zero-order valence-electron chi connectivity index (χ0n) is 25.6. The van der Waals surface area contributed by atoms with E-state index in [9.17, 15) is 12.8 Å². The van der Waals surface area contributed by atoms with Crippen molar-refractivity contribution in [2.45, 2.75) is 46.4 Å². The summed E-state index contributed by atoms with van der Waals surface area (Å²) in [5.74, 6) is 2.67. The maximum atomic E-state index is 13.6. The largest absolute Gasteiger partial charge is 0.489 e. The summed E-state index contributed by atoms with van der Waals surface area (Å²) in [6, 6.07) is 22.2. The van der Waals surface area contributed by atoms with Crippen LogP contribution in [0.5, 0.6) is 5.75 Å². The quantitative estimate of drug-likeness (QED) is 0.159. The molecule has 0 aliphatic carbocycles. The Morgan fingerprint density at radius 1 is 1.00 bits per heavy atom. The first-order valence-electron chi connectivity index (χ1n) is 14.4. The molecule has 3 aromatic carbocycles. The Balaban J connectivity index is 1.42. The lowest BCUT2D eigenvalue weighted by molar-refractivity contribution is 0.303. The molecule has 5 rings (SSSR count). The molecule has 0 unspecified atom stereocenters. The van der Waals surface area contributed by atoms with Gasteiger partial charge in [0, 0.05) is 35.0 Å². The van der Waals surface area contributed by atoms with Crippen LogP contribution in [0, 0.1) is 12.7 Å². The molecule has 0 aliphatic rings. The minimum Gasteiger partial charge on any atom is -0.489 e. The lowest BCUT2D eigenvalue weighted by Gasteiger charge is -2.37. The second kappa shape index (κ2) is 12.8. The second-order valence-electron chi connectivity index (χ2n) is 11.9. The van der Waals surface area contributed by atoms with Gasteiger partial charge < -0.3 is 19.4 Å². The van der Waals surface area contributed by atoms with E-state index in [1.807, 2.05) is 55.5 Å². The third-order valence-electron chi connectivity index (χ3n) is 7.09. The van der Waals surface area contributed by atoms with Gasteiger partial charge in [0.15, 0.2) is 0 Å². The van der Waals surface area contributed by atoms with Crippen molar-refractivity contribution in [3.8, 4) is 17.1 Å². The number of fused-ring (bicyclic) bond motifs is 1. The summed E-state index contributed by atoms with van der Waals surface area (Å²) in [5.41, 5.74) is 3.99. The highest BCUT2D eigenvalue weighted by atomic mass is 32.2. The predicted molar refractivity (Wildman–Crippen MR) is 172 cm³/mol. The van der Waals surface area contributed by atoms with Gasteiger partial charge in [-0.2, -0.15) is 0 Å². The minimum atomic E-state index is -3.02. The number of ether oxygens (including phenoxy) is 1. The molecule has 0 saturated carbocycles. The normalized spacial score (nSPS) is 12.0. The molecule has 0 atom stereocenters. The molecule has 0 spiro atoms. The van der Waals surface area contributed by atoms with Gasteiger partial charge in [-0.25, -0.2) is 22.8 Å². The van der Waals surface area contributed by atoms with E-state index in [1.165, 1.54) is 18.4 Å². The van der Waals surface area contributed by atoms with Crippen LogP contribution < -0.4 is 15.0 Å². The SMILES string of the molecule is Cc1cc(N(c2ncnc3ccc(-c4ccc(CNCCS(C)(=O)=O)o4)cc23)C(C)(C)C)ccc1OCc1cccc(F)c1. The van der Waals surface area contributed by atoms with Gasteiger partial charge in [0.25, 0.3) is 0 Å². The number of benzene rings is 3. The molecule has 0 aliphatic heterocycles. The summed E-state index contributed by atoms with van der Waals surface area (Å²) < 4.78 is 48.5. The highest BCUT2D eigenvalue weighted by Gasteiger charge is 2.27. The van der Waals surface area contributed by atoms with Crippen molar-refractivity contribution in [3.63, 3.8) is 0 Å². The number of halogens is 1. The second-order valence-corrected chi connectivity index (χ2v) is 14.1. The Bertz CT molecular complexity index is 1880. The summed E-state index contributed by atoms with van der Waals surface area (Å²) in [6.07, 6.45) is 2.80. The molecule has 230 valence electrons. The Hall–Kier alpha value is -4.28. The third-order valence-corrected chi connectivity index (χ3v) is 8.04. The molecule has 10 heteroatoms. The molecular formula is C34H37FN4O4S. The van der Waals surface area contributed by atoms with Gasteiger partial charge >= 0.3 is 0 Å². The minimum absolute atomic E-state index is 0.0719. The molecule has 0 saturated heterocycles. The molecular weight excluding hydrogens is 579 g/mol. The van der Waals surface area contributed by atoms with E-state index in [0.29, 0.717) is 24.6 Å². The fraction of sp³-hybridized carbons (Fsp3) is 0.294. The Kier molecular flexibility index (Phi) is 9.03. The van der Waals surface area contributed by atoms with Gasteiger partial charge in [0.1, 0.15) is 51.7 Å². The molecule has 2 aromatic heterocycles. The molecule has 44 heavy (non-hydrogen) atoms. The lowest BCUT2D eigenvalue weighted by Crippen LogP contribution is -2.38. The van der Waals surface area contributed by atoms with Crippen molar-refractivity contribution >= 4 is 32.2 Å². The fourth-order valence-electron chi connectivity index (χ4n) is 5.02. The number of aryl methyl sites for hydroxylation is 1. The number of hydrogen-bond acceptors (Lipinski definition) is 8. The number of hydrogen-bond donors (Lipinski definition) is 1. The highest BCUT2D eigenvalue weighted by Crippen LogP contribution is 2.39. The Labute approximate surface area is 257 Å². The van der Waals surface area contributed by atoms with Gasteiger partial charge in [0.2, 0.25) is 0 Å². The van der Waals surface area contributed by atoms with E-state index in [2.05, 4.69) is 42.0 Å². The van der Waals surface area contributed by atoms with Crippen LogP contribution >= 0.6 is 0 Å². The average molecular weight is 617 g/mol. The molecule has 0 radical (unpaired) electrons. The van der Waals surface area contributed by atoms with Gasteiger partial charge in [-0.15, -0.1) is 0 Å². The topological polar surface area (TPSA) is 97.6 Å². The number of anilines is 2. The average Bonchev–Trinajstić information content (AvgIpc) is 3.43. The zero-order valence-corrected chi connectivity index (χ0v) is 26.4.